The fraction of sp³-hybridized carbons (Fsp3) is 0.875. The zero-order chi connectivity index (χ0) is 9.03. The van der Waals surface area contributed by atoms with Crippen molar-refractivity contribution in [2.75, 3.05) is 26.2 Å². The molecule has 0 aromatic rings. The van der Waals surface area contributed by atoms with Crippen LogP contribution in [0.15, 0.2) is 5.16 Å². The van der Waals surface area contributed by atoms with Crippen LogP contribution >= 0.6 is 0 Å². The molecular formula is C8H17N3O. The Kier molecular flexibility index (Phi) is 3.05. The molecule has 0 radical (unpaired) electrons. The van der Waals surface area contributed by atoms with Crippen molar-refractivity contribution >= 4 is 5.71 Å². The smallest absolute Gasteiger partial charge is 0.114 e. The van der Waals surface area contributed by atoms with Gasteiger partial charge in [-0.15, -0.1) is 0 Å². The van der Waals surface area contributed by atoms with Gasteiger partial charge in [0.1, 0.15) is 6.61 Å². The Morgan fingerprint density at radius 3 is 3.08 bits per heavy atom. The molecule has 1 saturated heterocycles. The van der Waals surface area contributed by atoms with Crippen molar-refractivity contribution in [1.82, 2.24) is 5.32 Å². The van der Waals surface area contributed by atoms with Gasteiger partial charge in [-0.1, -0.05) is 12.1 Å². The third-order valence-corrected chi connectivity index (χ3v) is 2.26. The van der Waals surface area contributed by atoms with Gasteiger partial charge < -0.3 is 15.9 Å². The van der Waals surface area contributed by atoms with Gasteiger partial charge in [0, 0.05) is 25.0 Å². The largest absolute Gasteiger partial charge is 0.396 e. The summed E-state index contributed by atoms with van der Waals surface area (Å²) in [6.07, 6.45) is 0. The van der Waals surface area contributed by atoms with E-state index in [1.54, 1.807) is 0 Å². The van der Waals surface area contributed by atoms with Crippen LogP contribution in [0, 0.1) is 5.41 Å². The summed E-state index contributed by atoms with van der Waals surface area (Å²) in [4.78, 5) is 5.01. The van der Waals surface area contributed by atoms with Gasteiger partial charge in [0.05, 0.1) is 5.71 Å². The highest BCUT2D eigenvalue weighted by molar-refractivity contribution is 5.93. The van der Waals surface area contributed by atoms with Gasteiger partial charge in [0.2, 0.25) is 0 Å². The summed E-state index contributed by atoms with van der Waals surface area (Å²) >= 11 is 0. The van der Waals surface area contributed by atoms with Crippen LogP contribution in [0.25, 0.3) is 0 Å². The first-order valence-corrected chi connectivity index (χ1v) is 4.33. The molecule has 4 nitrogen and oxygen atoms in total. The maximum absolute atomic E-state index is 5.65. The standard InChI is InChI=1S/C8H17N3O/c1-3-12-11-7-4-10-6-8(7,2)5-9/h10H,3-6,9H2,1-2H3/b11-7+. The van der Waals surface area contributed by atoms with Crippen molar-refractivity contribution < 1.29 is 4.84 Å². The lowest BCUT2D eigenvalue weighted by atomic mass is 9.88. The van der Waals surface area contributed by atoms with E-state index in [4.69, 9.17) is 10.6 Å². The Labute approximate surface area is 73.1 Å². The minimum absolute atomic E-state index is 0.00479. The van der Waals surface area contributed by atoms with Crippen molar-refractivity contribution in [3.05, 3.63) is 0 Å². The van der Waals surface area contributed by atoms with E-state index in [9.17, 15) is 0 Å². The first-order chi connectivity index (χ1) is 5.73. The summed E-state index contributed by atoms with van der Waals surface area (Å²) in [6.45, 7) is 6.95. The van der Waals surface area contributed by atoms with Gasteiger partial charge in [0.15, 0.2) is 0 Å². The van der Waals surface area contributed by atoms with E-state index in [0.29, 0.717) is 13.2 Å². The predicted octanol–water partition coefficient (Wildman–Crippen LogP) is -0.0529. The van der Waals surface area contributed by atoms with Crippen LogP contribution in [0.3, 0.4) is 0 Å². The molecule has 1 unspecified atom stereocenters. The van der Waals surface area contributed by atoms with E-state index in [1.807, 2.05) is 6.92 Å². The van der Waals surface area contributed by atoms with Crippen LogP contribution < -0.4 is 11.1 Å². The number of oxime groups is 1. The summed E-state index contributed by atoms with van der Waals surface area (Å²) in [5, 5.41) is 7.27. The minimum Gasteiger partial charge on any atom is -0.396 e. The summed E-state index contributed by atoms with van der Waals surface area (Å²) < 4.78 is 0. The average molecular weight is 171 g/mol. The highest BCUT2D eigenvalue weighted by atomic mass is 16.6. The third kappa shape index (κ3) is 1.76. The summed E-state index contributed by atoms with van der Waals surface area (Å²) in [5.74, 6) is 0. The summed E-state index contributed by atoms with van der Waals surface area (Å²) in [6, 6.07) is 0. The number of rotatable bonds is 3. The SMILES string of the molecule is CCO/N=C1\CNCC1(C)CN. The summed E-state index contributed by atoms with van der Waals surface area (Å²) in [5.41, 5.74) is 6.68. The first-order valence-electron chi connectivity index (χ1n) is 4.33. The van der Waals surface area contributed by atoms with Crippen LogP contribution in [-0.2, 0) is 4.84 Å². The molecule has 0 saturated carbocycles. The molecule has 1 rings (SSSR count). The van der Waals surface area contributed by atoms with Crippen LogP contribution in [0.5, 0.6) is 0 Å². The van der Waals surface area contributed by atoms with E-state index >= 15 is 0 Å². The molecule has 70 valence electrons. The van der Waals surface area contributed by atoms with Gasteiger partial charge >= 0.3 is 0 Å². The maximum Gasteiger partial charge on any atom is 0.114 e. The van der Waals surface area contributed by atoms with Crippen molar-refractivity contribution in [1.29, 1.82) is 0 Å². The molecule has 0 aromatic heterocycles. The van der Waals surface area contributed by atoms with Crippen LogP contribution in [0.2, 0.25) is 0 Å². The Balaban J connectivity index is 2.63. The fourth-order valence-corrected chi connectivity index (χ4v) is 1.25. The van der Waals surface area contributed by atoms with Crippen molar-refractivity contribution in [3.8, 4) is 0 Å². The number of hydrogen-bond acceptors (Lipinski definition) is 4. The van der Waals surface area contributed by atoms with Crippen LogP contribution in [0.4, 0.5) is 0 Å². The summed E-state index contributed by atoms with van der Waals surface area (Å²) in [7, 11) is 0. The van der Waals surface area contributed by atoms with E-state index < -0.39 is 0 Å². The molecule has 0 amide bonds. The van der Waals surface area contributed by atoms with Crippen molar-refractivity contribution in [3.63, 3.8) is 0 Å². The average Bonchev–Trinajstić information content (AvgIpc) is 2.45. The molecule has 3 N–H and O–H groups in total. The molecule has 12 heavy (non-hydrogen) atoms. The lowest BCUT2D eigenvalue weighted by molar-refractivity contribution is 0.155. The molecule has 1 heterocycles. The van der Waals surface area contributed by atoms with Gasteiger partial charge in [-0.3, -0.25) is 0 Å². The molecular weight excluding hydrogens is 154 g/mol. The number of nitrogens with two attached hydrogens (primary N) is 1. The lowest BCUT2D eigenvalue weighted by Gasteiger charge is -2.20. The molecule has 4 heteroatoms. The second kappa shape index (κ2) is 3.87. The van der Waals surface area contributed by atoms with Gasteiger partial charge in [-0.25, -0.2) is 0 Å². The molecule has 0 bridgehead atoms. The highest BCUT2D eigenvalue weighted by Crippen LogP contribution is 2.20. The maximum atomic E-state index is 5.65. The van der Waals surface area contributed by atoms with E-state index in [-0.39, 0.29) is 5.41 Å². The first kappa shape index (κ1) is 9.48. The molecule has 1 atom stereocenters. The normalized spacial score (nSPS) is 32.8. The monoisotopic (exact) mass is 171 g/mol. The Bertz CT molecular complexity index is 181. The Morgan fingerprint density at radius 2 is 2.50 bits per heavy atom. The van der Waals surface area contributed by atoms with Gasteiger partial charge in [0.25, 0.3) is 0 Å². The van der Waals surface area contributed by atoms with Crippen LogP contribution in [-0.4, -0.2) is 32.0 Å². The molecule has 0 spiro atoms. The third-order valence-electron chi connectivity index (χ3n) is 2.26. The molecule has 1 aliphatic rings. The van der Waals surface area contributed by atoms with Crippen molar-refractivity contribution in [2.45, 2.75) is 13.8 Å². The Morgan fingerprint density at radius 1 is 1.75 bits per heavy atom. The topological polar surface area (TPSA) is 59.6 Å². The quantitative estimate of drug-likeness (QED) is 0.585. The van der Waals surface area contributed by atoms with E-state index in [2.05, 4.69) is 17.4 Å². The van der Waals surface area contributed by atoms with Crippen LogP contribution in [0.1, 0.15) is 13.8 Å². The highest BCUT2D eigenvalue weighted by Gasteiger charge is 2.34. The van der Waals surface area contributed by atoms with E-state index in [0.717, 1.165) is 18.8 Å². The number of nitrogens with one attached hydrogen (secondary N) is 1. The second-order valence-electron chi connectivity index (χ2n) is 3.32. The van der Waals surface area contributed by atoms with Gasteiger partial charge in [-0.2, -0.15) is 0 Å². The second-order valence-corrected chi connectivity index (χ2v) is 3.32. The zero-order valence-electron chi connectivity index (χ0n) is 7.76. The predicted molar refractivity (Wildman–Crippen MR) is 49.1 cm³/mol. The molecule has 0 aliphatic carbocycles. The molecule has 0 aromatic carbocycles. The zero-order valence-corrected chi connectivity index (χ0v) is 7.76. The Hall–Kier alpha value is -0.610. The minimum atomic E-state index is -0.00479. The molecule has 1 fully saturated rings. The lowest BCUT2D eigenvalue weighted by Crippen LogP contribution is -2.35. The van der Waals surface area contributed by atoms with E-state index in [1.165, 1.54) is 0 Å². The van der Waals surface area contributed by atoms with Crippen molar-refractivity contribution in [2.24, 2.45) is 16.3 Å². The van der Waals surface area contributed by atoms with Gasteiger partial charge in [-0.05, 0) is 6.92 Å². The molecule has 1 aliphatic heterocycles. The number of hydrogen-bond donors (Lipinski definition) is 2. The number of nitrogens with zero attached hydrogens (tertiary/aromatic N) is 1. The fourth-order valence-electron chi connectivity index (χ4n) is 1.25.